The highest BCUT2D eigenvalue weighted by Crippen LogP contribution is 2.65. The molecule has 528 valence electrons. The fraction of sp³-hybridized carbons (Fsp3) is 0.0185. The van der Waals surface area contributed by atoms with Crippen LogP contribution in [0.25, 0.3) is 149 Å². The molecule has 6 nitrogen and oxygen atoms in total. The molecule has 1 unspecified atom stereocenters. The second-order valence-corrected chi connectivity index (χ2v) is 31.3. The maximum atomic E-state index is 6.71. The first-order chi connectivity index (χ1) is 56.6. The molecule has 2 aliphatic carbocycles. The molecule has 26 rings (SSSR count). The quantitative estimate of drug-likeness (QED) is 0.152. The number of fused-ring (bicyclic) bond motifs is 31. The van der Waals surface area contributed by atoms with Crippen LogP contribution >= 0.6 is 0 Å². The van der Waals surface area contributed by atoms with Gasteiger partial charge in [-0.3, -0.25) is 0 Å². The third kappa shape index (κ3) is 7.97. The van der Waals surface area contributed by atoms with Gasteiger partial charge in [0.2, 0.25) is 0 Å². The number of aromatic nitrogens is 3. The van der Waals surface area contributed by atoms with Crippen LogP contribution in [-0.2, 0) is 10.8 Å². The number of hydrogen-bond donors (Lipinski definition) is 0. The van der Waals surface area contributed by atoms with Crippen LogP contribution < -0.4 is 9.80 Å². The van der Waals surface area contributed by atoms with Crippen LogP contribution in [0.5, 0.6) is 0 Å². The van der Waals surface area contributed by atoms with Crippen molar-refractivity contribution in [1.29, 1.82) is 0 Å². The number of furan rings is 1. The molecular formula is C108H65N5O. The Bertz CT molecular complexity index is 7880. The first-order valence-corrected chi connectivity index (χ1v) is 39.5. The lowest BCUT2D eigenvalue weighted by molar-refractivity contribution is 0.669. The second kappa shape index (κ2) is 22.8. The maximum absolute atomic E-state index is 6.71. The highest BCUT2D eigenvalue weighted by molar-refractivity contribution is 6.18. The van der Waals surface area contributed by atoms with Crippen molar-refractivity contribution >= 4 is 132 Å². The summed E-state index contributed by atoms with van der Waals surface area (Å²) >= 11 is 0. The van der Waals surface area contributed by atoms with Crippen LogP contribution in [0.2, 0.25) is 0 Å². The average Bonchev–Trinajstić information content (AvgIpc) is 1.48. The zero-order valence-corrected chi connectivity index (χ0v) is 61.7. The van der Waals surface area contributed by atoms with E-state index in [9.17, 15) is 0 Å². The van der Waals surface area contributed by atoms with E-state index in [-0.39, 0.29) is 0 Å². The van der Waals surface area contributed by atoms with Gasteiger partial charge in [-0.05, 0) is 205 Å². The molecule has 18 aromatic carbocycles. The van der Waals surface area contributed by atoms with Gasteiger partial charge in [-0.1, -0.05) is 267 Å². The van der Waals surface area contributed by atoms with Gasteiger partial charge in [0.1, 0.15) is 11.2 Å². The van der Waals surface area contributed by atoms with Crippen molar-refractivity contribution in [2.45, 2.75) is 10.8 Å². The van der Waals surface area contributed by atoms with Crippen LogP contribution in [0.1, 0.15) is 44.5 Å². The molecule has 22 aromatic rings. The van der Waals surface area contributed by atoms with E-state index in [1.54, 1.807) is 0 Å². The molecule has 4 aliphatic rings. The summed E-state index contributed by atoms with van der Waals surface area (Å²) in [6.45, 7) is 0. The normalized spacial score (nSPS) is 14.4. The van der Waals surface area contributed by atoms with E-state index in [1.165, 1.54) is 160 Å². The minimum atomic E-state index is -0.686. The van der Waals surface area contributed by atoms with Crippen molar-refractivity contribution < 1.29 is 4.42 Å². The molecule has 0 radical (unpaired) electrons. The van der Waals surface area contributed by atoms with Crippen molar-refractivity contribution in [3.05, 3.63) is 439 Å². The topological polar surface area (TPSA) is 34.4 Å². The molecule has 114 heavy (non-hydrogen) atoms. The van der Waals surface area contributed by atoms with Crippen molar-refractivity contribution in [3.8, 4) is 50.4 Å². The Balaban J connectivity index is 0.665. The molecule has 0 fully saturated rings. The van der Waals surface area contributed by atoms with Gasteiger partial charge in [-0.15, -0.1) is 0 Å². The Morgan fingerprint density at radius 2 is 0.702 bits per heavy atom. The van der Waals surface area contributed by atoms with Gasteiger partial charge >= 0.3 is 0 Å². The van der Waals surface area contributed by atoms with E-state index < -0.39 is 10.8 Å². The minimum absolute atomic E-state index is 0.660. The van der Waals surface area contributed by atoms with Gasteiger partial charge in [0.05, 0.1) is 61.0 Å². The molecule has 6 heteroatoms. The molecule has 6 heterocycles. The fourth-order valence-corrected chi connectivity index (χ4v) is 21.6. The van der Waals surface area contributed by atoms with E-state index in [4.69, 9.17) is 4.42 Å². The molecule has 2 aliphatic heterocycles. The molecule has 0 bridgehead atoms. The lowest BCUT2D eigenvalue weighted by Crippen LogP contribution is -2.33. The van der Waals surface area contributed by atoms with Gasteiger partial charge in [-0.25, -0.2) is 0 Å². The molecule has 4 aromatic heterocycles. The number of nitrogens with zero attached hydrogens (tertiary/aromatic N) is 5. The molecule has 1 atom stereocenters. The van der Waals surface area contributed by atoms with Crippen LogP contribution in [-0.4, -0.2) is 13.7 Å². The van der Waals surface area contributed by atoms with Crippen molar-refractivity contribution in [3.63, 3.8) is 0 Å². The predicted octanol–water partition coefficient (Wildman–Crippen LogP) is 28.0. The molecule has 0 amide bonds. The van der Waals surface area contributed by atoms with Gasteiger partial charge in [0.25, 0.3) is 0 Å². The van der Waals surface area contributed by atoms with Crippen molar-refractivity contribution in [2.75, 3.05) is 9.80 Å². The first-order valence-electron chi connectivity index (χ1n) is 39.5. The molecule has 2 spiro atoms. The summed E-state index contributed by atoms with van der Waals surface area (Å²) in [5, 5.41) is 11.9. The Morgan fingerprint density at radius 3 is 1.46 bits per heavy atom. The van der Waals surface area contributed by atoms with Crippen LogP contribution in [0, 0.1) is 0 Å². The highest BCUT2D eigenvalue weighted by atomic mass is 16.3. The van der Waals surface area contributed by atoms with Gasteiger partial charge in [-0.2, -0.15) is 0 Å². The van der Waals surface area contributed by atoms with Gasteiger partial charge in [0.15, 0.2) is 0 Å². The van der Waals surface area contributed by atoms with Gasteiger partial charge < -0.3 is 27.9 Å². The van der Waals surface area contributed by atoms with E-state index in [0.29, 0.717) is 0 Å². The maximum Gasteiger partial charge on any atom is 0.137 e. The number of para-hydroxylation sites is 7. The minimum Gasteiger partial charge on any atom is -0.456 e. The third-order valence-electron chi connectivity index (χ3n) is 26.0. The zero-order chi connectivity index (χ0) is 74.2. The summed E-state index contributed by atoms with van der Waals surface area (Å²) < 4.78 is 14.3. The number of rotatable bonds is 8. The van der Waals surface area contributed by atoms with Gasteiger partial charge in [0, 0.05) is 88.7 Å². The molecule has 0 N–H and O–H groups in total. The lowest BCUT2D eigenvalue weighted by Gasteiger charge is -2.40. The SMILES string of the molecule is c1ccc(N(c2ccc3c(c2)C2(c4ccccc4-c4ccccc42)c2cccc4c5cc(-c6cccc7c6-c6ccccc6C76c7ccccc7-n7c8ccc(N(c9cccc(-n%10c%11ccccc%11c%11ccccc%11%10)c9)c9ccc%10c(c9)oc9ccccc9%10)cc8c8cccc6c87)ccc5n-3c24)c2cccc3ccccc23)cc1. The fourth-order valence-electron chi connectivity index (χ4n) is 21.6. The summed E-state index contributed by atoms with van der Waals surface area (Å²) in [6.07, 6.45) is 0. The van der Waals surface area contributed by atoms with Crippen molar-refractivity contribution in [1.82, 2.24) is 13.7 Å². The Morgan fingerprint density at radius 1 is 0.228 bits per heavy atom. The summed E-state index contributed by atoms with van der Waals surface area (Å²) in [6, 6.07) is 148. The Hall–Kier alpha value is -15.0. The van der Waals surface area contributed by atoms with Crippen molar-refractivity contribution in [2.24, 2.45) is 0 Å². The summed E-state index contributed by atoms with van der Waals surface area (Å²) in [5.41, 5.74) is 35.0. The summed E-state index contributed by atoms with van der Waals surface area (Å²) in [5.74, 6) is 0. The monoisotopic (exact) mass is 1450 g/mol. The number of hydrogen-bond acceptors (Lipinski definition) is 3. The lowest BCUT2D eigenvalue weighted by atomic mass is 9.65. The highest BCUT2D eigenvalue weighted by Gasteiger charge is 2.53. The van der Waals surface area contributed by atoms with E-state index in [1.807, 2.05) is 6.07 Å². The standard InChI is InChI=1S/C108H65N5O/c1-2-27-68(28-3-1)110(95-51-20-26-66-25-4-5-31-74(66)95)72-56-60-101-94(64-72)107(87-41-12-6-32-76(87)77-33-7-13-42-88(77)107)92-46-23-39-82-85-61-67(53-58-98(85)113(101)105(82)92)75-38-22-45-91-104(75)84-37-8-14-43-89(84)108(91)90-44-15-18-50-100(90)112-99-59-55-71(63-86(99)83-40-24-47-93(108)106(83)112)109(73-54-57-81-80-36-11-19-52-102(80)114-103(81)65-73)69-29-21-30-70(62-69)111-96-48-16-9-34-78(96)79-35-10-17-49-97(79)111/h1-65H. The average molecular weight is 1450 g/mol. The van der Waals surface area contributed by atoms with Crippen LogP contribution in [0.15, 0.2) is 399 Å². The largest absolute Gasteiger partial charge is 0.456 e. The summed E-state index contributed by atoms with van der Waals surface area (Å²) in [7, 11) is 0. The van der Waals surface area contributed by atoms with E-state index in [2.05, 4.69) is 412 Å². The molecule has 0 saturated carbocycles. The summed E-state index contributed by atoms with van der Waals surface area (Å²) in [4.78, 5) is 4.89. The number of anilines is 6. The zero-order valence-electron chi connectivity index (χ0n) is 61.7. The molecule has 0 saturated heterocycles. The second-order valence-electron chi connectivity index (χ2n) is 31.3. The predicted molar refractivity (Wildman–Crippen MR) is 471 cm³/mol. The molecular weight excluding hydrogens is 1380 g/mol. The van der Waals surface area contributed by atoms with Crippen LogP contribution in [0.3, 0.4) is 0 Å². The van der Waals surface area contributed by atoms with E-state index >= 15 is 0 Å². The Labute approximate surface area is 656 Å². The smallest absolute Gasteiger partial charge is 0.137 e. The van der Waals surface area contributed by atoms with E-state index in [0.717, 1.165) is 67.3 Å². The Kier molecular flexibility index (Phi) is 12.4. The first kappa shape index (κ1) is 61.9. The third-order valence-corrected chi connectivity index (χ3v) is 26.0. The van der Waals surface area contributed by atoms with Crippen LogP contribution in [0.4, 0.5) is 34.1 Å². The number of benzene rings is 18.